The number of hydrogen-bond donors (Lipinski definition) is 1. The first-order chi connectivity index (χ1) is 14.0. The lowest BCUT2D eigenvalue weighted by Crippen LogP contribution is -2.45. The molecule has 2 amide bonds. The van der Waals surface area contributed by atoms with Crippen molar-refractivity contribution in [1.29, 1.82) is 0 Å². The first-order valence-corrected chi connectivity index (χ1v) is 10.2. The van der Waals surface area contributed by atoms with E-state index in [2.05, 4.69) is 5.32 Å². The van der Waals surface area contributed by atoms with Gasteiger partial charge in [-0.15, -0.1) is 11.3 Å². The number of amides is 2. The zero-order chi connectivity index (χ0) is 21.0. The molecule has 3 rings (SSSR count). The highest BCUT2D eigenvalue weighted by atomic mass is 32.1. The molecule has 8 heteroatoms. The molecule has 1 N–H and O–H groups in total. The lowest BCUT2D eigenvalue weighted by atomic mass is 9.81. The lowest BCUT2D eigenvalue weighted by molar-refractivity contribution is -0.124. The number of carbonyl (C=O) groups is 2. The second-order valence-corrected chi connectivity index (χ2v) is 7.77. The monoisotopic (exact) mass is 418 g/mol. The van der Waals surface area contributed by atoms with E-state index >= 15 is 0 Å². The highest BCUT2D eigenvalue weighted by Gasteiger charge is 2.43. The molecule has 0 bridgehead atoms. The van der Waals surface area contributed by atoms with E-state index in [4.69, 9.17) is 14.2 Å². The molecule has 2 atom stereocenters. The molecule has 0 saturated carbocycles. The summed E-state index contributed by atoms with van der Waals surface area (Å²) in [5.41, 5.74) is 1.10. The number of rotatable bonds is 8. The van der Waals surface area contributed by atoms with Gasteiger partial charge in [0.15, 0.2) is 11.5 Å². The molecule has 0 saturated heterocycles. The first kappa shape index (κ1) is 21.1. The highest BCUT2D eigenvalue weighted by molar-refractivity contribution is 7.10. The van der Waals surface area contributed by atoms with Crippen molar-refractivity contribution in [2.75, 3.05) is 41.5 Å². The summed E-state index contributed by atoms with van der Waals surface area (Å²) < 4.78 is 15.9. The zero-order valence-corrected chi connectivity index (χ0v) is 17.9. The van der Waals surface area contributed by atoms with Gasteiger partial charge in [0.05, 0.1) is 26.2 Å². The predicted molar refractivity (Wildman–Crippen MR) is 111 cm³/mol. The SMILES string of the molecule is COCCCNC(=O)[C@@H]1c2cc(OC)c(OC)cc2C(=O)N(C)[C@@H]1c1cccs1. The van der Waals surface area contributed by atoms with Crippen LogP contribution in [0.25, 0.3) is 0 Å². The maximum absolute atomic E-state index is 13.3. The molecule has 29 heavy (non-hydrogen) atoms. The second kappa shape index (κ2) is 9.28. The van der Waals surface area contributed by atoms with Gasteiger partial charge in [-0.25, -0.2) is 0 Å². The van der Waals surface area contributed by atoms with Gasteiger partial charge in [0.25, 0.3) is 5.91 Å². The van der Waals surface area contributed by atoms with E-state index in [9.17, 15) is 9.59 Å². The number of fused-ring (bicyclic) bond motifs is 1. The van der Waals surface area contributed by atoms with E-state index in [1.165, 1.54) is 25.6 Å². The van der Waals surface area contributed by atoms with Crippen LogP contribution < -0.4 is 14.8 Å². The average Bonchev–Trinajstić information content (AvgIpc) is 3.26. The molecule has 1 aromatic carbocycles. The lowest BCUT2D eigenvalue weighted by Gasteiger charge is -2.39. The van der Waals surface area contributed by atoms with Crippen LogP contribution in [0.15, 0.2) is 29.6 Å². The molecule has 1 aliphatic rings. The quantitative estimate of drug-likeness (QED) is 0.667. The largest absolute Gasteiger partial charge is 0.493 e. The number of nitrogens with one attached hydrogen (secondary N) is 1. The third-order valence-corrected chi connectivity index (χ3v) is 6.06. The van der Waals surface area contributed by atoms with Crippen molar-refractivity contribution in [2.24, 2.45) is 0 Å². The summed E-state index contributed by atoms with van der Waals surface area (Å²) >= 11 is 1.53. The highest BCUT2D eigenvalue weighted by Crippen LogP contribution is 2.46. The van der Waals surface area contributed by atoms with Crippen LogP contribution in [0.1, 0.15) is 39.2 Å². The molecule has 2 aromatic rings. The number of thiophene rings is 1. The Kier molecular flexibility index (Phi) is 6.76. The number of hydrogen-bond acceptors (Lipinski definition) is 6. The molecule has 0 radical (unpaired) electrons. The molecular formula is C21H26N2O5S. The molecule has 2 heterocycles. The number of methoxy groups -OCH3 is 3. The van der Waals surface area contributed by atoms with Gasteiger partial charge in [-0.05, 0) is 35.6 Å². The summed E-state index contributed by atoms with van der Waals surface area (Å²) in [6.07, 6.45) is 0.714. The Bertz CT molecular complexity index is 868. The Balaban J connectivity index is 2.07. The van der Waals surface area contributed by atoms with E-state index < -0.39 is 12.0 Å². The summed E-state index contributed by atoms with van der Waals surface area (Å²) in [4.78, 5) is 29.0. The fourth-order valence-electron chi connectivity index (χ4n) is 3.68. The minimum atomic E-state index is -0.561. The fraction of sp³-hybridized carbons (Fsp3) is 0.429. The number of ether oxygens (including phenoxy) is 3. The minimum Gasteiger partial charge on any atom is -0.493 e. The molecule has 0 spiro atoms. The van der Waals surface area contributed by atoms with Crippen LogP contribution in [-0.2, 0) is 9.53 Å². The number of benzene rings is 1. The van der Waals surface area contributed by atoms with Crippen LogP contribution in [-0.4, -0.2) is 58.2 Å². The minimum absolute atomic E-state index is 0.132. The molecule has 7 nitrogen and oxygen atoms in total. The second-order valence-electron chi connectivity index (χ2n) is 6.79. The van der Waals surface area contributed by atoms with Gasteiger partial charge >= 0.3 is 0 Å². The number of nitrogens with zero attached hydrogens (tertiary/aromatic N) is 1. The Hall–Kier alpha value is -2.58. The molecular weight excluding hydrogens is 392 g/mol. The van der Waals surface area contributed by atoms with Crippen molar-refractivity contribution in [3.05, 3.63) is 45.6 Å². The maximum Gasteiger partial charge on any atom is 0.254 e. The fourth-order valence-corrected chi connectivity index (χ4v) is 4.59. The summed E-state index contributed by atoms with van der Waals surface area (Å²) in [5.74, 6) is 0.108. The van der Waals surface area contributed by atoms with Gasteiger partial charge in [0, 0.05) is 37.7 Å². The van der Waals surface area contributed by atoms with Crippen molar-refractivity contribution in [1.82, 2.24) is 10.2 Å². The van der Waals surface area contributed by atoms with Gasteiger partial charge in [0.2, 0.25) is 5.91 Å². The van der Waals surface area contributed by atoms with Gasteiger partial charge in [0.1, 0.15) is 0 Å². The smallest absolute Gasteiger partial charge is 0.254 e. The van der Waals surface area contributed by atoms with Crippen LogP contribution in [0.3, 0.4) is 0 Å². The molecule has 1 aromatic heterocycles. The Morgan fingerprint density at radius 2 is 1.93 bits per heavy atom. The molecule has 1 aliphatic heterocycles. The van der Waals surface area contributed by atoms with Crippen LogP contribution >= 0.6 is 11.3 Å². The Morgan fingerprint density at radius 3 is 2.55 bits per heavy atom. The summed E-state index contributed by atoms with van der Waals surface area (Å²) in [7, 11) is 6.43. The normalized spacial score (nSPS) is 18.3. The van der Waals surface area contributed by atoms with Crippen LogP contribution in [0, 0.1) is 0 Å². The van der Waals surface area contributed by atoms with Crippen molar-refractivity contribution in [3.63, 3.8) is 0 Å². The van der Waals surface area contributed by atoms with E-state index in [0.717, 1.165) is 4.88 Å². The van der Waals surface area contributed by atoms with E-state index in [-0.39, 0.29) is 11.8 Å². The summed E-state index contributed by atoms with van der Waals surface area (Å²) in [6, 6.07) is 6.89. The van der Waals surface area contributed by atoms with E-state index in [0.29, 0.717) is 42.2 Å². The van der Waals surface area contributed by atoms with Crippen LogP contribution in [0.4, 0.5) is 0 Å². The first-order valence-electron chi connectivity index (χ1n) is 9.36. The number of likely N-dealkylation sites (N-methyl/N-ethyl adjacent to an activating group) is 1. The van der Waals surface area contributed by atoms with Crippen molar-refractivity contribution < 1.29 is 23.8 Å². The topological polar surface area (TPSA) is 77.1 Å². The van der Waals surface area contributed by atoms with Gasteiger partial charge in [-0.1, -0.05) is 6.07 Å². The van der Waals surface area contributed by atoms with Gasteiger partial charge < -0.3 is 24.4 Å². The summed E-state index contributed by atoms with van der Waals surface area (Å²) in [5, 5.41) is 4.95. The molecule has 0 unspecified atom stereocenters. The van der Waals surface area contributed by atoms with Gasteiger partial charge in [-0.3, -0.25) is 9.59 Å². The molecule has 0 aliphatic carbocycles. The average molecular weight is 419 g/mol. The van der Waals surface area contributed by atoms with E-state index in [1.807, 2.05) is 17.5 Å². The van der Waals surface area contributed by atoms with Crippen LogP contribution in [0.5, 0.6) is 11.5 Å². The number of carbonyl (C=O) groups excluding carboxylic acids is 2. The third kappa shape index (κ3) is 4.09. The van der Waals surface area contributed by atoms with Crippen molar-refractivity contribution in [2.45, 2.75) is 18.4 Å². The van der Waals surface area contributed by atoms with Crippen molar-refractivity contribution >= 4 is 23.2 Å². The Morgan fingerprint density at radius 1 is 1.21 bits per heavy atom. The van der Waals surface area contributed by atoms with Crippen LogP contribution in [0.2, 0.25) is 0 Å². The zero-order valence-electron chi connectivity index (χ0n) is 17.1. The predicted octanol–water partition coefficient (Wildman–Crippen LogP) is 2.83. The summed E-state index contributed by atoms with van der Waals surface area (Å²) in [6.45, 7) is 1.07. The standard InChI is InChI=1S/C21H26N2O5S/c1-23-19(17-7-5-10-29-17)18(20(24)22-8-6-9-26-2)13-11-15(27-3)16(28-4)12-14(13)21(23)25/h5,7,10-12,18-19H,6,8-9H2,1-4H3,(H,22,24)/t18-,19-/m1/s1. The molecule has 156 valence electrons. The van der Waals surface area contributed by atoms with Gasteiger partial charge in [-0.2, -0.15) is 0 Å². The molecule has 0 fully saturated rings. The third-order valence-electron chi connectivity index (χ3n) is 5.12. The Labute approximate surface area is 174 Å². The maximum atomic E-state index is 13.3. The van der Waals surface area contributed by atoms with E-state index in [1.54, 1.807) is 31.2 Å². The van der Waals surface area contributed by atoms with Crippen molar-refractivity contribution in [3.8, 4) is 11.5 Å².